The molecule has 30 heavy (non-hydrogen) atoms. The van der Waals surface area contributed by atoms with E-state index in [4.69, 9.17) is 18.6 Å². The van der Waals surface area contributed by atoms with Crippen LogP contribution >= 0.6 is 0 Å². The third-order valence-electron chi connectivity index (χ3n) is 4.76. The number of hydrogen-bond acceptors (Lipinski definition) is 6. The fraction of sp³-hybridized carbons (Fsp3) is 0.292. The van der Waals surface area contributed by atoms with Gasteiger partial charge in [0.05, 0.1) is 12.5 Å². The predicted molar refractivity (Wildman–Crippen MR) is 118 cm³/mol. The molecular formula is C24H26O6. The Kier molecular flexibility index (Phi) is 5.29. The van der Waals surface area contributed by atoms with Gasteiger partial charge in [0, 0.05) is 12.1 Å². The molecule has 158 valence electrons. The van der Waals surface area contributed by atoms with Gasteiger partial charge < -0.3 is 23.7 Å². The van der Waals surface area contributed by atoms with E-state index in [1.165, 1.54) is 19.2 Å². The van der Waals surface area contributed by atoms with Gasteiger partial charge in [0.25, 0.3) is 0 Å². The fourth-order valence-corrected chi connectivity index (χ4v) is 2.92. The number of phenols is 1. The Labute approximate surface area is 175 Å². The van der Waals surface area contributed by atoms with Crippen LogP contribution in [0.3, 0.4) is 0 Å². The Morgan fingerprint density at radius 2 is 1.67 bits per heavy atom. The van der Waals surface area contributed by atoms with Crippen LogP contribution in [0.15, 0.2) is 58.8 Å². The summed E-state index contributed by atoms with van der Waals surface area (Å²) in [5.74, 6) is 0.681. The summed E-state index contributed by atoms with van der Waals surface area (Å²) >= 11 is 0. The molecule has 3 rings (SSSR count). The van der Waals surface area contributed by atoms with Crippen LogP contribution in [0.1, 0.15) is 27.7 Å². The quantitative estimate of drug-likeness (QED) is 0.418. The molecule has 3 aromatic rings. The topological polar surface area (TPSA) is 78.1 Å². The van der Waals surface area contributed by atoms with Gasteiger partial charge in [0.15, 0.2) is 11.3 Å². The number of phenolic OH excluding ortho intramolecular Hbond substituents is 1. The standard InChI is InChI=1S/C24H26O6/c1-8-23(3,4)29-14-12-17(27-7)19-18(13-14)28-21-15(20(19)26)10-11-16(25)22(21)30-24(5,6)9-2/h8-13,25H,1-2H2,3-7H3. The van der Waals surface area contributed by atoms with Gasteiger partial charge in [-0.3, -0.25) is 4.79 Å². The van der Waals surface area contributed by atoms with E-state index in [2.05, 4.69) is 13.2 Å². The normalized spacial score (nSPS) is 12.0. The van der Waals surface area contributed by atoms with E-state index in [9.17, 15) is 9.90 Å². The highest BCUT2D eigenvalue weighted by molar-refractivity contribution is 5.96. The van der Waals surface area contributed by atoms with Crippen molar-refractivity contribution in [2.24, 2.45) is 0 Å². The number of benzene rings is 2. The molecule has 0 unspecified atom stereocenters. The van der Waals surface area contributed by atoms with Gasteiger partial charge in [-0.25, -0.2) is 0 Å². The fourth-order valence-electron chi connectivity index (χ4n) is 2.92. The molecule has 0 spiro atoms. The first-order chi connectivity index (χ1) is 14.0. The van der Waals surface area contributed by atoms with E-state index in [0.29, 0.717) is 11.5 Å². The molecule has 0 aliphatic rings. The molecule has 0 radical (unpaired) electrons. The van der Waals surface area contributed by atoms with Crippen LogP contribution in [0.5, 0.6) is 23.0 Å². The third-order valence-corrected chi connectivity index (χ3v) is 4.76. The predicted octanol–water partition coefficient (Wildman–Crippen LogP) is 5.35. The molecule has 1 aromatic heterocycles. The molecule has 0 atom stereocenters. The monoisotopic (exact) mass is 410 g/mol. The molecule has 0 aliphatic heterocycles. The molecule has 1 N–H and O–H groups in total. The Morgan fingerprint density at radius 1 is 1.03 bits per heavy atom. The van der Waals surface area contributed by atoms with Crippen LogP contribution in [0.25, 0.3) is 21.9 Å². The molecule has 0 saturated carbocycles. The van der Waals surface area contributed by atoms with Gasteiger partial charge in [0.2, 0.25) is 11.2 Å². The number of ether oxygens (including phenoxy) is 3. The summed E-state index contributed by atoms with van der Waals surface area (Å²) in [7, 11) is 1.47. The van der Waals surface area contributed by atoms with Gasteiger partial charge in [-0.15, -0.1) is 0 Å². The smallest absolute Gasteiger partial charge is 0.205 e. The minimum atomic E-state index is -0.796. The first-order valence-electron chi connectivity index (χ1n) is 9.47. The van der Waals surface area contributed by atoms with Crippen LogP contribution in [0.2, 0.25) is 0 Å². The Balaban J connectivity index is 2.35. The van der Waals surface area contributed by atoms with Crippen molar-refractivity contribution in [1.29, 1.82) is 0 Å². The minimum absolute atomic E-state index is 0.0631. The summed E-state index contributed by atoms with van der Waals surface area (Å²) in [6, 6.07) is 6.13. The van der Waals surface area contributed by atoms with E-state index in [-0.39, 0.29) is 38.9 Å². The average Bonchev–Trinajstić information content (AvgIpc) is 2.69. The number of rotatable bonds is 7. The second-order valence-electron chi connectivity index (χ2n) is 8.04. The summed E-state index contributed by atoms with van der Waals surface area (Å²) in [4.78, 5) is 13.3. The lowest BCUT2D eigenvalue weighted by molar-refractivity contribution is 0.156. The first-order valence-corrected chi connectivity index (χ1v) is 9.47. The number of methoxy groups -OCH3 is 1. The van der Waals surface area contributed by atoms with E-state index in [1.54, 1.807) is 38.1 Å². The molecule has 6 nitrogen and oxygen atoms in total. The minimum Gasteiger partial charge on any atom is -0.504 e. The maximum absolute atomic E-state index is 13.3. The molecule has 6 heteroatoms. The Hall–Kier alpha value is -3.41. The SMILES string of the molecule is C=CC(C)(C)Oc1cc(OC)c2c(=O)c3ccc(O)c(OC(C)(C)C=C)c3oc2c1. The molecule has 0 saturated heterocycles. The summed E-state index contributed by atoms with van der Waals surface area (Å²) in [6.45, 7) is 14.8. The number of hydrogen-bond donors (Lipinski definition) is 1. The summed E-state index contributed by atoms with van der Waals surface area (Å²) < 4.78 is 23.4. The molecule has 0 bridgehead atoms. The second kappa shape index (κ2) is 7.44. The van der Waals surface area contributed by atoms with Crippen LogP contribution in [-0.2, 0) is 0 Å². The third kappa shape index (κ3) is 3.85. The molecular weight excluding hydrogens is 384 g/mol. The second-order valence-corrected chi connectivity index (χ2v) is 8.04. The molecule has 0 fully saturated rings. The average molecular weight is 410 g/mol. The van der Waals surface area contributed by atoms with Crippen LogP contribution in [0.4, 0.5) is 0 Å². The lowest BCUT2D eigenvalue weighted by atomic mass is 10.1. The maximum Gasteiger partial charge on any atom is 0.205 e. The number of aromatic hydroxyl groups is 1. The van der Waals surface area contributed by atoms with Gasteiger partial charge in [-0.2, -0.15) is 0 Å². The van der Waals surface area contributed by atoms with Crippen molar-refractivity contribution in [2.75, 3.05) is 7.11 Å². The molecule has 0 aliphatic carbocycles. The lowest BCUT2D eigenvalue weighted by Crippen LogP contribution is -2.25. The van der Waals surface area contributed by atoms with Crippen LogP contribution in [0, 0.1) is 0 Å². The highest BCUT2D eigenvalue weighted by Crippen LogP contribution is 2.40. The Morgan fingerprint density at radius 3 is 2.27 bits per heavy atom. The Bertz CT molecular complexity index is 1200. The maximum atomic E-state index is 13.3. The van der Waals surface area contributed by atoms with E-state index in [0.717, 1.165) is 0 Å². The highest BCUT2D eigenvalue weighted by Gasteiger charge is 2.24. The summed E-state index contributed by atoms with van der Waals surface area (Å²) in [5, 5.41) is 10.9. The van der Waals surface area contributed by atoms with Crippen molar-refractivity contribution in [3.8, 4) is 23.0 Å². The van der Waals surface area contributed by atoms with Crippen molar-refractivity contribution in [1.82, 2.24) is 0 Å². The van der Waals surface area contributed by atoms with Crippen LogP contribution in [-0.4, -0.2) is 23.4 Å². The van der Waals surface area contributed by atoms with E-state index < -0.39 is 11.2 Å². The summed E-state index contributed by atoms with van der Waals surface area (Å²) in [5.41, 5.74) is -1.37. The zero-order valence-corrected chi connectivity index (χ0v) is 17.9. The lowest BCUT2D eigenvalue weighted by Gasteiger charge is -2.24. The first kappa shape index (κ1) is 21.3. The van der Waals surface area contributed by atoms with Crippen molar-refractivity contribution >= 4 is 21.9 Å². The molecule has 1 heterocycles. The van der Waals surface area contributed by atoms with Crippen LogP contribution < -0.4 is 19.6 Å². The number of fused-ring (bicyclic) bond motifs is 2. The largest absolute Gasteiger partial charge is 0.504 e. The zero-order chi connectivity index (χ0) is 22.3. The zero-order valence-electron chi connectivity index (χ0n) is 17.9. The highest BCUT2D eigenvalue weighted by atomic mass is 16.5. The van der Waals surface area contributed by atoms with Crippen molar-refractivity contribution in [2.45, 2.75) is 38.9 Å². The molecule has 2 aromatic carbocycles. The van der Waals surface area contributed by atoms with E-state index in [1.807, 2.05) is 13.8 Å². The van der Waals surface area contributed by atoms with E-state index >= 15 is 0 Å². The van der Waals surface area contributed by atoms with Crippen molar-refractivity contribution in [3.05, 3.63) is 59.8 Å². The van der Waals surface area contributed by atoms with Crippen molar-refractivity contribution in [3.63, 3.8) is 0 Å². The van der Waals surface area contributed by atoms with Gasteiger partial charge in [-0.05, 0) is 52.0 Å². The van der Waals surface area contributed by atoms with Gasteiger partial charge >= 0.3 is 0 Å². The molecule has 0 amide bonds. The van der Waals surface area contributed by atoms with Gasteiger partial charge in [-0.1, -0.05) is 13.2 Å². The van der Waals surface area contributed by atoms with Gasteiger partial charge in [0.1, 0.15) is 33.7 Å². The summed E-state index contributed by atoms with van der Waals surface area (Å²) in [6.07, 6.45) is 3.26. The van der Waals surface area contributed by atoms with Crippen molar-refractivity contribution < 1.29 is 23.7 Å².